The Bertz CT molecular complexity index is 331. The van der Waals surface area contributed by atoms with E-state index in [1.54, 1.807) is 0 Å². The standard InChI is InChI=1S/C14H21ClN2/c1-16-10-14(12-3-2-8-17-9-12)11-4-6-13(15)7-5-11/h4-7,12,14,16-17H,2-3,8-10H2,1H3. The minimum Gasteiger partial charge on any atom is -0.319 e. The molecule has 2 rings (SSSR count). The van der Waals surface area contributed by atoms with Crippen molar-refractivity contribution in [3.8, 4) is 0 Å². The van der Waals surface area contributed by atoms with E-state index in [2.05, 4.69) is 22.8 Å². The van der Waals surface area contributed by atoms with Crippen LogP contribution in [-0.4, -0.2) is 26.7 Å². The number of hydrogen-bond acceptors (Lipinski definition) is 2. The van der Waals surface area contributed by atoms with E-state index >= 15 is 0 Å². The summed E-state index contributed by atoms with van der Waals surface area (Å²) in [5, 5.41) is 7.64. The van der Waals surface area contributed by atoms with E-state index in [4.69, 9.17) is 11.6 Å². The molecule has 2 unspecified atom stereocenters. The Balaban J connectivity index is 2.12. The molecule has 1 aromatic carbocycles. The molecule has 0 saturated carbocycles. The third-order valence-corrected chi connectivity index (χ3v) is 3.88. The van der Waals surface area contributed by atoms with Crippen molar-refractivity contribution in [3.05, 3.63) is 34.9 Å². The zero-order valence-electron chi connectivity index (χ0n) is 10.4. The monoisotopic (exact) mass is 252 g/mol. The Kier molecular flexibility index (Phi) is 4.84. The van der Waals surface area contributed by atoms with Gasteiger partial charge in [0.2, 0.25) is 0 Å². The molecule has 0 aromatic heterocycles. The van der Waals surface area contributed by atoms with Gasteiger partial charge in [-0.25, -0.2) is 0 Å². The molecule has 1 fully saturated rings. The van der Waals surface area contributed by atoms with Gasteiger partial charge in [0.25, 0.3) is 0 Å². The number of nitrogens with one attached hydrogen (secondary N) is 2. The van der Waals surface area contributed by atoms with Crippen molar-refractivity contribution in [1.82, 2.24) is 10.6 Å². The van der Waals surface area contributed by atoms with Gasteiger partial charge in [-0.1, -0.05) is 23.7 Å². The second-order valence-electron chi connectivity index (χ2n) is 4.82. The largest absolute Gasteiger partial charge is 0.319 e. The molecule has 17 heavy (non-hydrogen) atoms. The van der Waals surface area contributed by atoms with Gasteiger partial charge in [-0.3, -0.25) is 0 Å². The number of halogens is 1. The van der Waals surface area contributed by atoms with Crippen molar-refractivity contribution < 1.29 is 0 Å². The summed E-state index contributed by atoms with van der Waals surface area (Å²) in [5.74, 6) is 1.32. The molecule has 94 valence electrons. The number of rotatable bonds is 4. The van der Waals surface area contributed by atoms with Crippen LogP contribution in [0.5, 0.6) is 0 Å². The number of benzene rings is 1. The molecule has 0 bridgehead atoms. The third-order valence-electron chi connectivity index (χ3n) is 3.63. The van der Waals surface area contributed by atoms with Crippen molar-refractivity contribution in [1.29, 1.82) is 0 Å². The van der Waals surface area contributed by atoms with Crippen LogP contribution in [0.15, 0.2) is 24.3 Å². The lowest BCUT2D eigenvalue weighted by Crippen LogP contribution is -2.36. The molecular formula is C14H21ClN2. The Morgan fingerprint density at radius 2 is 2.18 bits per heavy atom. The summed E-state index contributed by atoms with van der Waals surface area (Å²) in [5.41, 5.74) is 1.40. The second kappa shape index (κ2) is 6.39. The summed E-state index contributed by atoms with van der Waals surface area (Å²) in [6.45, 7) is 3.34. The molecule has 1 aliphatic rings. The fourth-order valence-electron chi connectivity index (χ4n) is 2.71. The summed E-state index contributed by atoms with van der Waals surface area (Å²) in [6.07, 6.45) is 2.61. The van der Waals surface area contributed by atoms with Gasteiger partial charge in [-0.05, 0) is 56.6 Å². The lowest BCUT2D eigenvalue weighted by atomic mass is 9.81. The fraction of sp³-hybridized carbons (Fsp3) is 0.571. The molecule has 1 aromatic rings. The Labute approximate surface area is 109 Å². The van der Waals surface area contributed by atoms with Gasteiger partial charge in [0.05, 0.1) is 0 Å². The highest BCUT2D eigenvalue weighted by Gasteiger charge is 2.24. The lowest BCUT2D eigenvalue weighted by molar-refractivity contribution is 0.317. The average Bonchev–Trinajstić information content (AvgIpc) is 2.38. The number of piperidine rings is 1. The third kappa shape index (κ3) is 3.44. The van der Waals surface area contributed by atoms with Crippen LogP contribution in [0.3, 0.4) is 0 Å². The fourth-order valence-corrected chi connectivity index (χ4v) is 2.83. The van der Waals surface area contributed by atoms with Crippen LogP contribution in [-0.2, 0) is 0 Å². The number of likely N-dealkylation sites (N-methyl/N-ethyl adjacent to an activating group) is 1. The Hall–Kier alpha value is -0.570. The molecule has 2 nitrogen and oxygen atoms in total. The SMILES string of the molecule is CNCC(c1ccc(Cl)cc1)C1CCCNC1. The molecular weight excluding hydrogens is 232 g/mol. The van der Waals surface area contributed by atoms with Crippen LogP contribution in [0.4, 0.5) is 0 Å². The molecule has 0 aliphatic carbocycles. The topological polar surface area (TPSA) is 24.1 Å². The Morgan fingerprint density at radius 3 is 2.76 bits per heavy atom. The highest BCUT2D eigenvalue weighted by molar-refractivity contribution is 6.30. The van der Waals surface area contributed by atoms with E-state index < -0.39 is 0 Å². The minimum atomic E-state index is 0.588. The van der Waals surface area contributed by atoms with Crippen LogP contribution in [0.1, 0.15) is 24.3 Å². The lowest BCUT2D eigenvalue weighted by Gasteiger charge is -2.31. The molecule has 1 aliphatic heterocycles. The zero-order valence-corrected chi connectivity index (χ0v) is 11.1. The highest BCUT2D eigenvalue weighted by atomic mass is 35.5. The second-order valence-corrected chi connectivity index (χ2v) is 5.26. The predicted molar refractivity (Wildman–Crippen MR) is 73.7 cm³/mol. The van der Waals surface area contributed by atoms with Crippen LogP contribution in [0.2, 0.25) is 5.02 Å². The van der Waals surface area contributed by atoms with Crippen molar-refractivity contribution in [2.45, 2.75) is 18.8 Å². The number of hydrogen-bond donors (Lipinski definition) is 2. The van der Waals surface area contributed by atoms with Gasteiger partial charge in [0.15, 0.2) is 0 Å². The first-order valence-electron chi connectivity index (χ1n) is 6.42. The van der Waals surface area contributed by atoms with Gasteiger partial charge in [-0.2, -0.15) is 0 Å². The molecule has 2 N–H and O–H groups in total. The summed E-state index contributed by atoms with van der Waals surface area (Å²) in [6, 6.07) is 8.32. The highest BCUT2D eigenvalue weighted by Crippen LogP contribution is 2.29. The van der Waals surface area contributed by atoms with Gasteiger partial charge in [0, 0.05) is 17.5 Å². The summed E-state index contributed by atoms with van der Waals surface area (Å²) < 4.78 is 0. The van der Waals surface area contributed by atoms with Crippen LogP contribution in [0.25, 0.3) is 0 Å². The van der Waals surface area contributed by atoms with Crippen LogP contribution in [0, 0.1) is 5.92 Å². The van der Waals surface area contributed by atoms with Gasteiger partial charge >= 0.3 is 0 Å². The normalized spacial score (nSPS) is 22.4. The van der Waals surface area contributed by atoms with Crippen molar-refractivity contribution >= 4 is 11.6 Å². The maximum atomic E-state index is 5.95. The summed E-state index contributed by atoms with van der Waals surface area (Å²) >= 11 is 5.95. The maximum absolute atomic E-state index is 5.95. The van der Waals surface area contributed by atoms with E-state index in [1.165, 1.54) is 24.9 Å². The molecule has 0 spiro atoms. The van der Waals surface area contributed by atoms with E-state index in [1.807, 2.05) is 19.2 Å². The van der Waals surface area contributed by atoms with Gasteiger partial charge in [-0.15, -0.1) is 0 Å². The summed E-state index contributed by atoms with van der Waals surface area (Å²) in [4.78, 5) is 0. The van der Waals surface area contributed by atoms with Crippen LogP contribution < -0.4 is 10.6 Å². The van der Waals surface area contributed by atoms with E-state index in [0.717, 1.165) is 24.0 Å². The first-order chi connectivity index (χ1) is 8.31. The first kappa shape index (κ1) is 12.9. The van der Waals surface area contributed by atoms with Crippen molar-refractivity contribution in [2.75, 3.05) is 26.7 Å². The quantitative estimate of drug-likeness (QED) is 0.861. The maximum Gasteiger partial charge on any atom is 0.0406 e. The van der Waals surface area contributed by atoms with Gasteiger partial charge < -0.3 is 10.6 Å². The van der Waals surface area contributed by atoms with Gasteiger partial charge in [0.1, 0.15) is 0 Å². The first-order valence-corrected chi connectivity index (χ1v) is 6.80. The average molecular weight is 253 g/mol. The van der Waals surface area contributed by atoms with Crippen LogP contribution >= 0.6 is 11.6 Å². The van der Waals surface area contributed by atoms with E-state index in [0.29, 0.717) is 5.92 Å². The molecule has 1 heterocycles. The molecule has 1 saturated heterocycles. The van der Waals surface area contributed by atoms with Crippen molar-refractivity contribution in [2.24, 2.45) is 5.92 Å². The molecule has 0 radical (unpaired) electrons. The zero-order chi connectivity index (χ0) is 12.1. The summed E-state index contributed by atoms with van der Waals surface area (Å²) in [7, 11) is 2.03. The van der Waals surface area contributed by atoms with E-state index in [-0.39, 0.29) is 0 Å². The van der Waals surface area contributed by atoms with E-state index in [9.17, 15) is 0 Å². The van der Waals surface area contributed by atoms with Crippen molar-refractivity contribution in [3.63, 3.8) is 0 Å². The predicted octanol–water partition coefficient (Wildman–Crippen LogP) is 2.64. The molecule has 2 atom stereocenters. The smallest absolute Gasteiger partial charge is 0.0406 e. The Morgan fingerprint density at radius 1 is 1.41 bits per heavy atom. The molecule has 3 heteroatoms. The minimum absolute atomic E-state index is 0.588. The molecule has 0 amide bonds.